The molecule has 0 aromatic carbocycles. The minimum Gasteiger partial charge on any atom is -0.381 e. The third kappa shape index (κ3) is 4.24. The van der Waals surface area contributed by atoms with Gasteiger partial charge in [-0.25, -0.2) is 4.79 Å². The van der Waals surface area contributed by atoms with Gasteiger partial charge in [0, 0.05) is 38.7 Å². The van der Waals surface area contributed by atoms with Crippen LogP contribution in [0.25, 0.3) is 0 Å². The highest BCUT2D eigenvalue weighted by molar-refractivity contribution is 14.0. The fourth-order valence-corrected chi connectivity index (χ4v) is 3.99. The Morgan fingerprint density at radius 1 is 1.35 bits per heavy atom. The molecule has 0 spiro atoms. The fraction of sp³-hybridized carbons (Fsp3) is 0.824. The predicted octanol–water partition coefficient (Wildman–Crippen LogP) is 0.916. The first-order chi connectivity index (χ1) is 11.9. The smallest absolute Gasteiger partial charge is 0.322 e. The number of guanidine groups is 1. The number of hydrogen-bond acceptors (Lipinski definition) is 4. The number of urea groups is 1. The van der Waals surface area contributed by atoms with Gasteiger partial charge in [0.1, 0.15) is 5.54 Å². The second kappa shape index (κ2) is 8.28. The zero-order chi connectivity index (χ0) is 18.1. The van der Waals surface area contributed by atoms with Crippen LogP contribution >= 0.6 is 24.0 Å². The largest absolute Gasteiger partial charge is 0.381 e. The maximum atomic E-state index is 12.1. The molecule has 9 heteroatoms. The second-order valence-corrected chi connectivity index (χ2v) is 7.89. The summed E-state index contributed by atoms with van der Waals surface area (Å²) in [7, 11) is 1.80. The number of rotatable bonds is 3. The van der Waals surface area contributed by atoms with Crippen molar-refractivity contribution in [3.63, 3.8) is 0 Å². The highest BCUT2D eigenvalue weighted by Gasteiger charge is 2.48. The van der Waals surface area contributed by atoms with E-state index < -0.39 is 5.54 Å². The molecular formula is C17H30IN5O3. The minimum atomic E-state index is -0.797. The molecule has 0 aliphatic carbocycles. The van der Waals surface area contributed by atoms with E-state index >= 15 is 0 Å². The SMILES string of the molecule is CN=C(NCC1(C)CCOC1)N1CCC(C2(C)NC(=O)NC2=O)CC1.I. The van der Waals surface area contributed by atoms with Crippen LogP contribution in [0.2, 0.25) is 0 Å². The molecule has 8 nitrogen and oxygen atoms in total. The van der Waals surface area contributed by atoms with Crippen molar-refractivity contribution < 1.29 is 14.3 Å². The second-order valence-electron chi connectivity index (χ2n) is 7.89. The molecule has 2 atom stereocenters. The van der Waals surface area contributed by atoms with Gasteiger partial charge in [-0.05, 0) is 32.1 Å². The van der Waals surface area contributed by atoms with E-state index in [2.05, 4.69) is 32.8 Å². The monoisotopic (exact) mass is 479 g/mol. The average Bonchev–Trinajstić information content (AvgIpc) is 3.13. The van der Waals surface area contributed by atoms with E-state index in [0.717, 1.165) is 58.1 Å². The van der Waals surface area contributed by atoms with E-state index in [4.69, 9.17) is 4.74 Å². The van der Waals surface area contributed by atoms with Crippen molar-refractivity contribution in [1.29, 1.82) is 0 Å². The molecule has 3 N–H and O–H groups in total. The van der Waals surface area contributed by atoms with E-state index in [1.165, 1.54) is 0 Å². The van der Waals surface area contributed by atoms with Gasteiger partial charge in [0.05, 0.1) is 6.61 Å². The van der Waals surface area contributed by atoms with Crippen molar-refractivity contribution >= 4 is 41.9 Å². The molecule has 3 rings (SSSR count). The minimum absolute atomic E-state index is 0. The number of carbonyl (C=O) groups excluding carboxylic acids is 2. The van der Waals surface area contributed by atoms with Crippen molar-refractivity contribution in [3.8, 4) is 0 Å². The van der Waals surface area contributed by atoms with Crippen LogP contribution < -0.4 is 16.0 Å². The van der Waals surface area contributed by atoms with Gasteiger partial charge < -0.3 is 20.3 Å². The summed E-state index contributed by atoms with van der Waals surface area (Å²) in [4.78, 5) is 30.2. The van der Waals surface area contributed by atoms with Crippen molar-refractivity contribution in [2.24, 2.45) is 16.3 Å². The summed E-state index contributed by atoms with van der Waals surface area (Å²) in [5, 5.41) is 8.63. The zero-order valence-electron chi connectivity index (χ0n) is 15.8. The van der Waals surface area contributed by atoms with Gasteiger partial charge in [-0.15, -0.1) is 24.0 Å². The summed E-state index contributed by atoms with van der Waals surface area (Å²) >= 11 is 0. The molecule has 0 aromatic rings. The lowest BCUT2D eigenvalue weighted by Crippen LogP contribution is -2.55. The van der Waals surface area contributed by atoms with E-state index in [1.807, 2.05) is 6.92 Å². The first kappa shape index (κ1) is 21.2. The lowest BCUT2D eigenvalue weighted by atomic mass is 9.79. The van der Waals surface area contributed by atoms with E-state index in [0.29, 0.717) is 0 Å². The zero-order valence-corrected chi connectivity index (χ0v) is 18.1. The Morgan fingerprint density at radius 3 is 2.54 bits per heavy atom. The maximum absolute atomic E-state index is 12.1. The summed E-state index contributed by atoms with van der Waals surface area (Å²) in [6, 6.07) is -0.389. The Balaban J connectivity index is 0.00000243. The van der Waals surface area contributed by atoms with Crippen LogP contribution in [0.3, 0.4) is 0 Å². The molecular weight excluding hydrogens is 449 g/mol. The van der Waals surface area contributed by atoms with E-state index in [1.54, 1.807) is 7.05 Å². The topological polar surface area (TPSA) is 95.1 Å². The number of imide groups is 1. The van der Waals surface area contributed by atoms with Crippen molar-refractivity contribution in [2.75, 3.05) is 39.9 Å². The number of nitrogens with one attached hydrogen (secondary N) is 3. The third-order valence-electron chi connectivity index (χ3n) is 5.87. The van der Waals surface area contributed by atoms with Crippen LogP contribution in [-0.2, 0) is 9.53 Å². The summed E-state index contributed by atoms with van der Waals surface area (Å²) in [5.74, 6) is 0.818. The Labute approximate surface area is 171 Å². The van der Waals surface area contributed by atoms with E-state index in [9.17, 15) is 9.59 Å². The number of ether oxygens (including phenoxy) is 1. The molecule has 3 fully saturated rings. The van der Waals surface area contributed by atoms with Crippen LogP contribution in [0.4, 0.5) is 4.79 Å². The molecule has 3 aliphatic heterocycles. The predicted molar refractivity (Wildman–Crippen MR) is 110 cm³/mol. The molecule has 26 heavy (non-hydrogen) atoms. The maximum Gasteiger partial charge on any atom is 0.322 e. The van der Waals surface area contributed by atoms with Crippen LogP contribution in [0.1, 0.15) is 33.1 Å². The standard InChI is InChI=1S/C17H29N5O3.HI/c1-16(6-9-25-11-16)10-19-14(18-3)22-7-4-12(5-8-22)17(2)13(23)20-15(24)21-17;/h12H,4-11H2,1-3H3,(H,18,19)(H2,20,21,23,24);1H. The number of hydrogen-bond donors (Lipinski definition) is 3. The lowest BCUT2D eigenvalue weighted by Gasteiger charge is -2.40. The summed E-state index contributed by atoms with van der Waals surface area (Å²) in [5.41, 5.74) is -0.636. The van der Waals surface area contributed by atoms with Crippen molar-refractivity contribution in [1.82, 2.24) is 20.9 Å². The quantitative estimate of drug-likeness (QED) is 0.242. The Morgan fingerprint density at radius 2 is 2.04 bits per heavy atom. The number of aliphatic imine (C=N–C) groups is 1. The highest BCUT2D eigenvalue weighted by Crippen LogP contribution is 2.31. The van der Waals surface area contributed by atoms with Gasteiger partial charge in [-0.3, -0.25) is 15.1 Å². The van der Waals surface area contributed by atoms with Gasteiger partial charge in [-0.2, -0.15) is 0 Å². The molecule has 0 radical (unpaired) electrons. The first-order valence-corrected chi connectivity index (χ1v) is 9.03. The Bertz CT molecular complexity index is 571. The fourth-order valence-electron chi connectivity index (χ4n) is 3.99. The molecule has 3 heterocycles. The number of piperidine rings is 1. The molecule has 3 saturated heterocycles. The summed E-state index contributed by atoms with van der Waals surface area (Å²) < 4.78 is 5.51. The van der Waals surface area contributed by atoms with Gasteiger partial charge in [0.25, 0.3) is 5.91 Å². The molecule has 3 amide bonds. The molecule has 2 unspecified atom stereocenters. The molecule has 3 aliphatic rings. The highest BCUT2D eigenvalue weighted by atomic mass is 127. The van der Waals surface area contributed by atoms with Gasteiger partial charge >= 0.3 is 6.03 Å². The van der Waals surface area contributed by atoms with Crippen LogP contribution in [0, 0.1) is 11.3 Å². The van der Waals surface area contributed by atoms with Crippen molar-refractivity contribution in [2.45, 2.75) is 38.6 Å². The summed E-state index contributed by atoms with van der Waals surface area (Å²) in [6.07, 6.45) is 2.74. The Kier molecular flexibility index (Phi) is 6.75. The number of nitrogens with zero attached hydrogens (tertiary/aromatic N) is 2. The molecule has 0 aromatic heterocycles. The van der Waals surface area contributed by atoms with Crippen LogP contribution in [0.5, 0.6) is 0 Å². The number of likely N-dealkylation sites (tertiary alicyclic amines) is 1. The van der Waals surface area contributed by atoms with E-state index in [-0.39, 0.29) is 47.2 Å². The summed E-state index contributed by atoms with van der Waals surface area (Å²) in [6.45, 7) is 8.14. The van der Waals surface area contributed by atoms with Crippen molar-refractivity contribution in [3.05, 3.63) is 0 Å². The normalized spacial score (nSPS) is 32.9. The molecule has 0 saturated carbocycles. The number of halogens is 1. The third-order valence-corrected chi connectivity index (χ3v) is 5.87. The Hall–Kier alpha value is -1.10. The lowest BCUT2D eigenvalue weighted by molar-refractivity contribution is -0.125. The molecule has 148 valence electrons. The number of carbonyl (C=O) groups is 2. The first-order valence-electron chi connectivity index (χ1n) is 9.03. The van der Waals surface area contributed by atoms with Gasteiger partial charge in [0.2, 0.25) is 0 Å². The van der Waals surface area contributed by atoms with Gasteiger partial charge in [-0.1, -0.05) is 6.92 Å². The molecule has 0 bridgehead atoms. The average molecular weight is 479 g/mol. The van der Waals surface area contributed by atoms with Crippen LogP contribution in [0.15, 0.2) is 4.99 Å². The number of amides is 3. The van der Waals surface area contributed by atoms with Gasteiger partial charge in [0.15, 0.2) is 5.96 Å². The van der Waals surface area contributed by atoms with Crippen LogP contribution in [-0.4, -0.2) is 68.2 Å².